The molecule has 2 aromatic heterocycles. The Morgan fingerprint density at radius 3 is 2.73 bits per heavy atom. The van der Waals surface area contributed by atoms with Crippen molar-refractivity contribution in [2.24, 2.45) is 7.05 Å². The molecule has 0 unspecified atom stereocenters. The van der Waals surface area contributed by atoms with Gasteiger partial charge in [0.1, 0.15) is 9.71 Å². The molecular weight excluding hydrogens is 306 g/mol. The minimum atomic E-state index is -1.11. The van der Waals surface area contributed by atoms with Crippen LogP contribution in [0.4, 0.5) is 0 Å². The standard InChI is InChI=1S/C14H15N3O4S/c1-16-12-9(8-10(22-12)13(19)20)11(18)17(14(16)21)7-5-3-2-4-6-15/h8H,2-5,7H2,1H3,(H,19,20). The summed E-state index contributed by atoms with van der Waals surface area (Å²) < 4.78 is 2.44. The molecule has 0 atom stereocenters. The molecule has 0 bridgehead atoms. The second-order valence-electron chi connectivity index (χ2n) is 4.90. The van der Waals surface area contributed by atoms with Crippen LogP contribution in [0.15, 0.2) is 15.7 Å². The second-order valence-corrected chi connectivity index (χ2v) is 5.93. The van der Waals surface area contributed by atoms with E-state index in [1.54, 1.807) is 0 Å². The predicted molar refractivity (Wildman–Crippen MR) is 82.4 cm³/mol. The van der Waals surface area contributed by atoms with Gasteiger partial charge in [0.2, 0.25) is 0 Å². The highest BCUT2D eigenvalue weighted by Crippen LogP contribution is 2.21. The molecule has 2 heterocycles. The molecule has 0 aromatic carbocycles. The summed E-state index contributed by atoms with van der Waals surface area (Å²) in [6, 6.07) is 3.36. The fraction of sp³-hybridized carbons (Fsp3) is 0.429. The van der Waals surface area contributed by atoms with Crippen LogP contribution in [0, 0.1) is 11.3 Å². The van der Waals surface area contributed by atoms with E-state index in [4.69, 9.17) is 10.4 Å². The van der Waals surface area contributed by atoms with Gasteiger partial charge >= 0.3 is 11.7 Å². The number of nitrogens with zero attached hydrogens (tertiary/aromatic N) is 3. The smallest absolute Gasteiger partial charge is 0.345 e. The highest BCUT2D eigenvalue weighted by atomic mass is 32.1. The van der Waals surface area contributed by atoms with E-state index in [1.807, 2.05) is 6.07 Å². The van der Waals surface area contributed by atoms with Gasteiger partial charge in [0.25, 0.3) is 5.56 Å². The lowest BCUT2D eigenvalue weighted by Crippen LogP contribution is -2.38. The van der Waals surface area contributed by atoms with Crippen molar-refractivity contribution in [2.45, 2.75) is 32.2 Å². The number of carboxylic acid groups (broad SMARTS) is 1. The Labute approximate surface area is 129 Å². The monoisotopic (exact) mass is 321 g/mol. The first kappa shape index (κ1) is 16.0. The normalized spacial score (nSPS) is 10.7. The number of nitriles is 1. The number of carbonyl (C=O) groups is 1. The molecule has 0 aliphatic rings. The second kappa shape index (κ2) is 6.58. The molecule has 0 aliphatic carbocycles. The van der Waals surface area contributed by atoms with E-state index in [0.29, 0.717) is 17.7 Å². The van der Waals surface area contributed by atoms with Crippen LogP contribution in [-0.2, 0) is 13.6 Å². The first-order chi connectivity index (χ1) is 10.5. The van der Waals surface area contributed by atoms with Gasteiger partial charge in [-0.25, -0.2) is 9.59 Å². The van der Waals surface area contributed by atoms with E-state index in [0.717, 1.165) is 28.7 Å². The van der Waals surface area contributed by atoms with Gasteiger partial charge in [0.05, 0.1) is 11.5 Å². The number of hydrogen-bond acceptors (Lipinski definition) is 5. The molecule has 0 spiro atoms. The summed E-state index contributed by atoms with van der Waals surface area (Å²) in [6.07, 6.45) is 2.57. The predicted octanol–water partition coefficient (Wildman–Crippen LogP) is 1.54. The fourth-order valence-electron chi connectivity index (χ4n) is 2.24. The van der Waals surface area contributed by atoms with Crippen molar-refractivity contribution in [2.75, 3.05) is 0 Å². The largest absolute Gasteiger partial charge is 0.477 e. The number of fused-ring (bicyclic) bond motifs is 1. The third-order valence-corrected chi connectivity index (χ3v) is 4.59. The first-order valence-electron chi connectivity index (χ1n) is 6.81. The van der Waals surface area contributed by atoms with Gasteiger partial charge in [-0.2, -0.15) is 5.26 Å². The van der Waals surface area contributed by atoms with Crippen LogP contribution in [0.1, 0.15) is 35.4 Å². The summed E-state index contributed by atoms with van der Waals surface area (Å²) in [5, 5.41) is 17.7. The molecule has 22 heavy (non-hydrogen) atoms. The third-order valence-electron chi connectivity index (χ3n) is 3.39. The molecular formula is C14H15N3O4S. The summed E-state index contributed by atoms with van der Waals surface area (Å²) in [7, 11) is 1.53. The van der Waals surface area contributed by atoms with E-state index in [2.05, 4.69) is 0 Å². The molecule has 0 aliphatic heterocycles. The highest BCUT2D eigenvalue weighted by Gasteiger charge is 2.16. The fourth-order valence-corrected chi connectivity index (χ4v) is 3.18. The Kier molecular flexibility index (Phi) is 4.78. The Balaban J connectivity index is 2.39. The summed E-state index contributed by atoms with van der Waals surface area (Å²) in [5.41, 5.74) is -0.904. The van der Waals surface area contributed by atoms with E-state index < -0.39 is 17.2 Å². The maximum Gasteiger partial charge on any atom is 0.345 e. The average molecular weight is 321 g/mol. The lowest BCUT2D eigenvalue weighted by atomic mass is 10.2. The average Bonchev–Trinajstić information content (AvgIpc) is 2.93. The van der Waals surface area contributed by atoms with Gasteiger partial charge in [-0.05, 0) is 18.9 Å². The van der Waals surface area contributed by atoms with E-state index in [9.17, 15) is 14.4 Å². The van der Waals surface area contributed by atoms with Gasteiger partial charge < -0.3 is 5.11 Å². The van der Waals surface area contributed by atoms with E-state index in [-0.39, 0.29) is 16.8 Å². The van der Waals surface area contributed by atoms with Gasteiger partial charge in [0, 0.05) is 20.0 Å². The van der Waals surface area contributed by atoms with Crippen molar-refractivity contribution < 1.29 is 9.90 Å². The topological polar surface area (TPSA) is 105 Å². The summed E-state index contributed by atoms with van der Waals surface area (Å²) >= 11 is 0.918. The minimum absolute atomic E-state index is 0.0360. The summed E-state index contributed by atoms with van der Waals surface area (Å²) in [6.45, 7) is 0.269. The molecule has 0 radical (unpaired) electrons. The molecule has 0 fully saturated rings. The zero-order chi connectivity index (χ0) is 16.3. The van der Waals surface area contributed by atoms with Gasteiger partial charge in [-0.1, -0.05) is 6.42 Å². The Morgan fingerprint density at radius 2 is 2.09 bits per heavy atom. The van der Waals surface area contributed by atoms with Crippen molar-refractivity contribution >= 4 is 27.5 Å². The van der Waals surface area contributed by atoms with Gasteiger partial charge in [0.15, 0.2) is 0 Å². The minimum Gasteiger partial charge on any atom is -0.477 e. The van der Waals surface area contributed by atoms with Crippen molar-refractivity contribution in [3.8, 4) is 6.07 Å². The number of thiophene rings is 1. The first-order valence-corrected chi connectivity index (χ1v) is 7.62. The zero-order valence-electron chi connectivity index (χ0n) is 12.0. The number of carboxylic acids is 1. The molecule has 0 amide bonds. The lowest BCUT2D eigenvalue weighted by Gasteiger charge is -2.07. The SMILES string of the molecule is Cn1c(=O)n(CCCCCC#N)c(=O)c2cc(C(=O)O)sc21. The molecule has 0 saturated heterocycles. The summed E-state index contributed by atoms with van der Waals surface area (Å²) in [4.78, 5) is 36.0. The number of aromatic carboxylic acids is 1. The maximum atomic E-state index is 12.4. The molecule has 116 valence electrons. The molecule has 2 aromatic rings. The van der Waals surface area contributed by atoms with Crippen molar-refractivity contribution in [3.63, 3.8) is 0 Å². The molecule has 0 saturated carbocycles. The number of hydrogen-bond donors (Lipinski definition) is 1. The third kappa shape index (κ3) is 2.94. The number of aromatic nitrogens is 2. The maximum absolute atomic E-state index is 12.4. The van der Waals surface area contributed by atoms with Crippen molar-refractivity contribution in [3.05, 3.63) is 31.8 Å². The van der Waals surface area contributed by atoms with Crippen LogP contribution >= 0.6 is 11.3 Å². The zero-order valence-corrected chi connectivity index (χ0v) is 12.9. The molecule has 8 heteroatoms. The van der Waals surface area contributed by atoms with Crippen LogP contribution in [0.5, 0.6) is 0 Å². The van der Waals surface area contributed by atoms with Crippen molar-refractivity contribution in [1.29, 1.82) is 5.26 Å². The van der Waals surface area contributed by atoms with Crippen LogP contribution in [-0.4, -0.2) is 20.2 Å². The van der Waals surface area contributed by atoms with Crippen LogP contribution < -0.4 is 11.2 Å². The lowest BCUT2D eigenvalue weighted by molar-refractivity contribution is 0.0702. The quantitative estimate of drug-likeness (QED) is 0.813. The van der Waals surface area contributed by atoms with Crippen LogP contribution in [0.25, 0.3) is 10.2 Å². The Hall–Kier alpha value is -2.40. The number of aryl methyl sites for hydroxylation is 1. The number of unbranched alkanes of at least 4 members (excludes halogenated alkanes) is 3. The Morgan fingerprint density at radius 1 is 1.36 bits per heavy atom. The molecule has 7 nitrogen and oxygen atoms in total. The number of rotatable bonds is 6. The Bertz CT molecular complexity index is 869. The highest BCUT2D eigenvalue weighted by molar-refractivity contribution is 7.20. The van der Waals surface area contributed by atoms with Gasteiger partial charge in [-0.3, -0.25) is 13.9 Å². The van der Waals surface area contributed by atoms with Crippen LogP contribution in [0.3, 0.4) is 0 Å². The summed E-state index contributed by atoms with van der Waals surface area (Å²) in [5.74, 6) is -1.11. The molecule has 2 rings (SSSR count). The molecule has 1 N–H and O–H groups in total. The van der Waals surface area contributed by atoms with E-state index in [1.165, 1.54) is 17.7 Å². The van der Waals surface area contributed by atoms with Crippen molar-refractivity contribution in [1.82, 2.24) is 9.13 Å². The van der Waals surface area contributed by atoms with Crippen LogP contribution in [0.2, 0.25) is 0 Å². The van der Waals surface area contributed by atoms with E-state index >= 15 is 0 Å². The van der Waals surface area contributed by atoms with Gasteiger partial charge in [-0.15, -0.1) is 11.3 Å².